The highest BCUT2D eigenvalue weighted by Gasteiger charge is 2.67. The Morgan fingerprint density at radius 3 is 2.38 bits per heavy atom. The van der Waals surface area contributed by atoms with Gasteiger partial charge in [0.25, 0.3) is 0 Å². The lowest BCUT2D eigenvalue weighted by Gasteiger charge is -2.64. The highest BCUT2D eigenvalue weighted by atomic mass is 16.7. The molecule has 1 spiro atoms. The number of carbonyl (C=O) groups is 1. The van der Waals surface area contributed by atoms with Gasteiger partial charge in [0.1, 0.15) is 5.78 Å². The maximum absolute atomic E-state index is 12.5. The van der Waals surface area contributed by atoms with Gasteiger partial charge >= 0.3 is 0 Å². The first kappa shape index (κ1) is 23.3. The van der Waals surface area contributed by atoms with Gasteiger partial charge in [0.05, 0.1) is 13.2 Å². The quantitative estimate of drug-likeness (QED) is 0.456. The largest absolute Gasteiger partial charge is 0.347 e. The van der Waals surface area contributed by atoms with Crippen LogP contribution in [0, 0.1) is 52.3 Å². The molecule has 5 rings (SSSR count). The molecule has 0 aromatic heterocycles. The Morgan fingerprint density at radius 2 is 1.66 bits per heavy atom. The first-order valence-corrected chi connectivity index (χ1v) is 14.0. The monoisotopic (exact) mass is 444 g/mol. The van der Waals surface area contributed by atoms with E-state index in [4.69, 9.17) is 9.47 Å². The molecular weight excluding hydrogens is 396 g/mol. The molecule has 1 heterocycles. The van der Waals surface area contributed by atoms with Gasteiger partial charge in [0.2, 0.25) is 0 Å². The molecule has 4 saturated carbocycles. The molecule has 0 bridgehead atoms. The molecule has 4 aliphatic carbocycles. The molecule has 0 amide bonds. The molecule has 182 valence electrons. The van der Waals surface area contributed by atoms with Crippen LogP contribution in [0.3, 0.4) is 0 Å². The minimum atomic E-state index is -0.481. The fourth-order valence-electron chi connectivity index (χ4n) is 9.92. The molecule has 3 nitrogen and oxygen atoms in total. The number of hydrogen-bond donors (Lipinski definition) is 0. The molecule has 0 radical (unpaired) electrons. The zero-order valence-corrected chi connectivity index (χ0v) is 21.5. The molecule has 0 aromatic carbocycles. The first-order valence-electron chi connectivity index (χ1n) is 14.0. The van der Waals surface area contributed by atoms with Crippen molar-refractivity contribution in [3.8, 4) is 0 Å². The minimum absolute atomic E-state index is 0.198. The van der Waals surface area contributed by atoms with Gasteiger partial charge in [-0.05, 0) is 78.4 Å². The van der Waals surface area contributed by atoms with E-state index in [1.165, 1.54) is 44.9 Å². The van der Waals surface area contributed by atoms with Crippen LogP contribution in [0.25, 0.3) is 0 Å². The zero-order chi connectivity index (χ0) is 22.7. The fourth-order valence-corrected chi connectivity index (χ4v) is 9.92. The van der Waals surface area contributed by atoms with E-state index in [0.29, 0.717) is 36.8 Å². The normalized spacial score (nSPS) is 46.2. The van der Waals surface area contributed by atoms with E-state index >= 15 is 0 Å². The third kappa shape index (κ3) is 3.55. The smallest absolute Gasteiger partial charge is 0.172 e. The van der Waals surface area contributed by atoms with Crippen LogP contribution in [0.1, 0.15) is 105 Å². The number of Topliss-reactive ketones (excluding diaryl/α,β-unsaturated/α-hetero) is 1. The summed E-state index contributed by atoms with van der Waals surface area (Å²) in [7, 11) is 0. The Balaban J connectivity index is 1.40. The summed E-state index contributed by atoms with van der Waals surface area (Å²) in [5.74, 6) is 5.00. The molecule has 32 heavy (non-hydrogen) atoms. The van der Waals surface area contributed by atoms with Crippen LogP contribution >= 0.6 is 0 Å². The fraction of sp³-hybridized carbons (Fsp3) is 0.966. The standard InChI is InChI=1S/C29H48O3/c1-19(2)7-6-8-20(3)23-9-10-24-22-18-29(31-15-16-32-29)26-17-21(30)11-13-28(26,5)25(22)12-14-27(23,24)4/h19-20,22-26H,6-18H2,1-5H3. The number of ketones is 1. The van der Waals surface area contributed by atoms with E-state index in [2.05, 4.69) is 34.6 Å². The van der Waals surface area contributed by atoms with Crippen molar-refractivity contribution in [1.82, 2.24) is 0 Å². The molecule has 3 heteroatoms. The van der Waals surface area contributed by atoms with Crippen LogP contribution in [0.2, 0.25) is 0 Å². The van der Waals surface area contributed by atoms with E-state index in [9.17, 15) is 4.79 Å². The van der Waals surface area contributed by atoms with Crippen LogP contribution in [-0.4, -0.2) is 24.8 Å². The molecule has 5 fully saturated rings. The van der Waals surface area contributed by atoms with Crippen molar-refractivity contribution in [3.05, 3.63) is 0 Å². The van der Waals surface area contributed by atoms with E-state index in [1.807, 2.05) is 0 Å². The van der Waals surface area contributed by atoms with E-state index in [0.717, 1.165) is 48.9 Å². The second kappa shape index (κ2) is 8.36. The van der Waals surface area contributed by atoms with Gasteiger partial charge in [-0.25, -0.2) is 0 Å². The van der Waals surface area contributed by atoms with Crippen LogP contribution in [0.5, 0.6) is 0 Å². The Hall–Kier alpha value is -0.410. The second-order valence-corrected chi connectivity index (χ2v) is 13.4. The lowest BCUT2D eigenvalue weighted by Crippen LogP contribution is -2.63. The average molecular weight is 445 g/mol. The number of ether oxygens (including phenoxy) is 2. The van der Waals surface area contributed by atoms with Gasteiger partial charge in [-0.15, -0.1) is 0 Å². The summed E-state index contributed by atoms with van der Waals surface area (Å²) in [6.07, 6.45) is 13.3. The van der Waals surface area contributed by atoms with Crippen LogP contribution in [0.4, 0.5) is 0 Å². The van der Waals surface area contributed by atoms with Crippen molar-refractivity contribution < 1.29 is 14.3 Å². The molecule has 1 aliphatic heterocycles. The third-order valence-corrected chi connectivity index (χ3v) is 11.5. The van der Waals surface area contributed by atoms with Gasteiger partial charge in [-0.2, -0.15) is 0 Å². The van der Waals surface area contributed by atoms with Crippen molar-refractivity contribution in [2.75, 3.05) is 13.2 Å². The summed E-state index contributed by atoms with van der Waals surface area (Å²) in [5, 5.41) is 0. The first-order chi connectivity index (χ1) is 15.2. The van der Waals surface area contributed by atoms with Crippen LogP contribution in [0.15, 0.2) is 0 Å². The molecule has 0 aromatic rings. The molecule has 5 aliphatic rings. The van der Waals surface area contributed by atoms with Gasteiger partial charge < -0.3 is 9.47 Å². The second-order valence-electron chi connectivity index (χ2n) is 13.4. The summed E-state index contributed by atoms with van der Waals surface area (Å²) in [6, 6.07) is 0. The van der Waals surface area contributed by atoms with E-state index in [-0.39, 0.29) is 11.3 Å². The summed E-state index contributed by atoms with van der Waals surface area (Å²) in [4.78, 5) is 12.5. The molecular formula is C29H48O3. The predicted octanol–water partition coefficient (Wildman–Crippen LogP) is 7.03. The Morgan fingerprint density at radius 1 is 0.938 bits per heavy atom. The third-order valence-electron chi connectivity index (χ3n) is 11.5. The van der Waals surface area contributed by atoms with Crippen LogP contribution in [-0.2, 0) is 14.3 Å². The SMILES string of the molecule is CC(C)CCCC(C)C1CCC2C3CC4(OCCO4)C4CC(=O)CCC4(C)C3CCC12C. The summed E-state index contributed by atoms with van der Waals surface area (Å²) >= 11 is 0. The lowest BCUT2D eigenvalue weighted by atomic mass is 9.43. The van der Waals surface area contributed by atoms with Crippen molar-refractivity contribution in [2.24, 2.45) is 52.3 Å². The van der Waals surface area contributed by atoms with Gasteiger partial charge in [-0.1, -0.05) is 53.9 Å². The average Bonchev–Trinajstić information content (AvgIpc) is 3.34. The summed E-state index contributed by atoms with van der Waals surface area (Å²) in [5.41, 5.74) is 0.676. The minimum Gasteiger partial charge on any atom is -0.347 e. The number of fused-ring (bicyclic) bond motifs is 6. The highest BCUT2D eigenvalue weighted by molar-refractivity contribution is 5.80. The summed E-state index contributed by atoms with van der Waals surface area (Å²) < 4.78 is 12.9. The maximum atomic E-state index is 12.5. The van der Waals surface area contributed by atoms with Crippen molar-refractivity contribution in [3.63, 3.8) is 0 Å². The zero-order valence-electron chi connectivity index (χ0n) is 21.5. The van der Waals surface area contributed by atoms with E-state index < -0.39 is 5.79 Å². The number of rotatable bonds is 5. The van der Waals surface area contributed by atoms with Crippen molar-refractivity contribution >= 4 is 5.78 Å². The molecule has 0 N–H and O–H groups in total. The Bertz CT molecular complexity index is 709. The topological polar surface area (TPSA) is 35.5 Å². The number of carbonyl (C=O) groups excluding carboxylic acids is 1. The molecule has 1 saturated heterocycles. The van der Waals surface area contributed by atoms with Gasteiger partial charge in [-0.3, -0.25) is 4.79 Å². The summed E-state index contributed by atoms with van der Waals surface area (Å²) in [6.45, 7) is 13.9. The van der Waals surface area contributed by atoms with Crippen LogP contribution < -0.4 is 0 Å². The van der Waals surface area contributed by atoms with E-state index in [1.54, 1.807) is 0 Å². The Kier molecular flexibility index (Phi) is 6.10. The maximum Gasteiger partial charge on any atom is 0.172 e. The molecule has 8 unspecified atom stereocenters. The van der Waals surface area contributed by atoms with Crippen molar-refractivity contribution in [2.45, 2.75) is 111 Å². The molecule has 8 atom stereocenters. The Labute approximate surface area is 196 Å². The lowest BCUT2D eigenvalue weighted by molar-refractivity contribution is -0.289. The highest BCUT2D eigenvalue weighted by Crippen LogP contribution is 2.70. The number of hydrogen-bond acceptors (Lipinski definition) is 3. The van der Waals surface area contributed by atoms with Gasteiger partial charge in [0, 0.05) is 25.2 Å². The van der Waals surface area contributed by atoms with Gasteiger partial charge in [0.15, 0.2) is 5.79 Å². The van der Waals surface area contributed by atoms with Crippen molar-refractivity contribution in [1.29, 1.82) is 0 Å². The predicted molar refractivity (Wildman–Crippen MR) is 128 cm³/mol.